The number of urea groups is 1. The standard InChI is InChI=1S/C22H24N2O6/c1-14(25)15-7-9-16(10-8-15)18-11-12-19(30-18)21(27)29-13-20(26)24-22(28)23-17-5-3-2-4-6-17/h7-12,17H,2-6,13H2,1H3,(H2,23,24,26,28). The van der Waals surface area contributed by atoms with Gasteiger partial charge in [-0.15, -0.1) is 0 Å². The number of rotatable bonds is 6. The Morgan fingerprint density at radius 3 is 2.37 bits per heavy atom. The van der Waals surface area contributed by atoms with Gasteiger partial charge in [-0.3, -0.25) is 14.9 Å². The SMILES string of the molecule is CC(=O)c1ccc(-c2ccc(C(=O)OCC(=O)NC(=O)NC3CCCCC3)o2)cc1. The van der Waals surface area contributed by atoms with E-state index in [1.54, 1.807) is 30.3 Å². The summed E-state index contributed by atoms with van der Waals surface area (Å²) in [5, 5.41) is 4.91. The predicted octanol–water partition coefficient (Wildman–Crippen LogP) is 3.46. The summed E-state index contributed by atoms with van der Waals surface area (Å²) in [4.78, 5) is 47.1. The molecule has 0 spiro atoms. The Hall–Kier alpha value is -3.42. The van der Waals surface area contributed by atoms with Crippen LogP contribution in [0.1, 0.15) is 59.9 Å². The van der Waals surface area contributed by atoms with Gasteiger partial charge in [0.2, 0.25) is 5.76 Å². The number of esters is 1. The molecule has 0 aliphatic heterocycles. The predicted molar refractivity (Wildman–Crippen MR) is 108 cm³/mol. The molecule has 1 aromatic heterocycles. The van der Waals surface area contributed by atoms with Gasteiger partial charge in [-0.05, 0) is 31.9 Å². The summed E-state index contributed by atoms with van der Waals surface area (Å²) in [6.07, 6.45) is 5.07. The molecule has 158 valence electrons. The van der Waals surface area contributed by atoms with Gasteiger partial charge in [-0.1, -0.05) is 43.5 Å². The first-order chi connectivity index (χ1) is 14.4. The number of hydrogen-bond acceptors (Lipinski definition) is 6. The highest BCUT2D eigenvalue weighted by molar-refractivity contribution is 5.97. The summed E-state index contributed by atoms with van der Waals surface area (Å²) in [6.45, 7) is 0.881. The average Bonchev–Trinajstić information content (AvgIpc) is 3.23. The Morgan fingerprint density at radius 1 is 1.00 bits per heavy atom. The van der Waals surface area contributed by atoms with Crippen LogP contribution >= 0.6 is 0 Å². The van der Waals surface area contributed by atoms with E-state index in [2.05, 4.69) is 10.6 Å². The summed E-state index contributed by atoms with van der Waals surface area (Å²) < 4.78 is 10.4. The fourth-order valence-corrected chi connectivity index (χ4v) is 3.31. The number of ketones is 1. The van der Waals surface area contributed by atoms with E-state index in [1.165, 1.54) is 13.0 Å². The number of ether oxygens (including phenoxy) is 1. The van der Waals surface area contributed by atoms with Crippen LogP contribution in [0, 0.1) is 0 Å². The Balaban J connectivity index is 1.47. The van der Waals surface area contributed by atoms with Crippen molar-refractivity contribution in [2.75, 3.05) is 6.61 Å². The molecule has 0 atom stereocenters. The van der Waals surface area contributed by atoms with Crippen LogP contribution in [-0.2, 0) is 9.53 Å². The minimum Gasteiger partial charge on any atom is -0.450 e. The maximum atomic E-state index is 12.1. The summed E-state index contributed by atoms with van der Waals surface area (Å²) in [7, 11) is 0. The van der Waals surface area contributed by atoms with Gasteiger partial charge < -0.3 is 14.5 Å². The monoisotopic (exact) mass is 412 g/mol. The number of Topliss-reactive ketones (excluding diaryl/α,β-unsaturated/α-hetero) is 1. The van der Waals surface area contributed by atoms with Gasteiger partial charge in [0.05, 0.1) is 0 Å². The Kier molecular flexibility index (Phi) is 7.00. The molecule has 2 N–H and O–H groups in total. The second-order valence-corrected chi connectivity index (χ2v) is 7.23. The lowest BCUT2D eigenvalue weighted by molar-refractivity contribution is -0.123. The number of hydrogen-bond donors (Lipinski definition) is 2. The van der Waals surface area contributed by atoms with Crippen LogP contribution in [0.4, 0.5) is 4.79 Å². The van der Waals surface area contributed by atoms with Crippen molar-refractivity contribution in [3.8, 4) is 11.3 Å². The second kappa shape index (κ2) is 9.87. The van der Waals surface area contributed by atoms with Crippen molar-refractivity contribution < 1.29 is 28.3 Å². The fourth-order valence-electron chi connectivity index (χ4n) is 3.31. The lowest BCUT2D eigenvalue weighted by Gasteiger charge is -2.22. The highest BCUT2D eigenvalue weighted by Crippen LogP contribution is 2.23. The number of benzene rings is 1. The molecular weight excluding hydrogens is 388 g/mol. The van der Waals surface area contributed by atoms with Crippen molar-refractivity contribution in [2.45, 2.75) is 45.1 Å². The lowest BCUT2D eigenvalue weighted by Crippen LogP contribution is -2.46. The van der Waals surface area contributed by atoms with Crippen LogP contribution < -0.4 is 10.6 Å². The first-order valence-electron chi connectivity index (χ1n) is 9.91. The average molecular weight is 412 g/mol. The Labute approximate surface area is 174 Å². The molecule has 2 aromatic rings. The van der Waals surface area contributed by atoms with Crippen molar-refractivity contribution in [2.24, 2.45) is 0 Å². The molecule has 0 saturated heterocycles. The number of imide groups is 1. The van der Waals surface area contributed by atoms with Crippen molar-refractivity contribution >= 4 is 23.7 Å². The normalized spacial score (nSPS) is 14.0. The maximum absolute atomic E-state index is 12.1. The summed E-state index contributed by atoms with van der Waals surface area (Å²) in [5.74, 6) is -1.22. The van der Waals surface area contributed by atoms with E-state index < -0.39 is 24.5 Å². The number of nitrogens with one attached hydrogen (secondary N) is 2. The van der Waals surface area contributed by atoms with Crippen molar-refractivity contribution in [1.29, 1.82) is 0 Å². The minimum atomic E-state index is -0.815. The molecule has 0 radical (unpaired) electrons. The van der Waals surface area contributed by atoms with Gasteiger partial charge in [-0.25, -0.2) is 9.59 Å². The number of amides is 3. The molecular formula is C22H24N2O6. The first kappa shape index (κ1) is 21.3. The third kappa shape index (κ3) is 5.79. The van der Waals surface area contributed by atoms with E-state index in [0.29, 0.717) is 16.9 Å². The number of carbonyl (C=O) groups excluding carboxylic acids is 4. The summed E-state index contributed by atoms with van der Waals surface area (Å²) in [5.41, 5.74) is 1.26. The van der Waals surface area contributed by atoms with E-state index in [0.717, 1.165) is 32.1 Å². The molecule has 30 heavy (non-hydrogen) atoms. The van der Waals surface area contributed by atoms with Gasteiger partial charge in [0.25, 0.3) is 5.91 Å². The van der Waals surface area contributed by atoms with Crippen molar-refractivity contribution in [3.63, 3.8) is 0 Å². The maximum Gasteiger partial charge on any atom is 0.374 e. The second-order valence-electron chi connectivity index (χ2n) is 7.23. The zero-order valence-electron chi connectivity index (χ0n) is 16.7. The molecule has 8 nitrogen and oxygen atoms in total. The van der Waals surface area contributed by atoms with Gasteiger partial charge in [0, 0.05) is 17.2 Å². The smallest absolute Gasteiger partial charge is 0.374 e. The molecule has 1 fully saturated rings. The highest BCUT2D eigenvalue weighted by Gasteiger charge is 2.19. The van der Waals surface area contributed by atoms with Crippen LogP contribution in [0.15, 0.2) is 40.8 Å². The van der Waals surface area contributed by atoms with E-state index >= 15 is 0 Å². The van der Waals surface area contributed by atoms with Crippen LogP contribution in [0.25, 0.3) is 11.3 Å². The topological polar surface area (TPSA) is 115 Å². The van der Waals surface area contributed by atoms with Crippen LogP contribution in [-0.4, -0.2) is 36.3 Å². The molecule has 3 amide bonds. The van der Waals surface area contributed by atoms with Gasteiger partial charge in [-0.2, -0.15) is 0 Å². The van der Waals surface area contributed by atoms with Crippen LogP contribution in [0.2, 0.25) is 0 Å². The largest absolute Gasteiger partial charge is 0.450 e. The molecule has 1 heterocycles. The van der Waals surface area contributed by atoms with E-state index in [9.17, 15) is 19.2 Å². The first-order valence-corrected chi connectivity index (χ1v) is 9.91. The van der Waals surface area contributed by atoms with Crippen LogP contribution in [0.3, 0.4) is 0 Å². The minimum absolute atomic E-state index is 0.0454. The van der Waals surface area contributed by atoms with E-state index in [1.807, 2.05) is 0 Å². The van der Waals surface area contributed by atoms with Gasteiger partial charge >= 0.3 is 12.0 Å². The molecule has 1 aliphatic rings. The zero-order chi connectivity index (χ0) is 21.5. The number of carbonyl (C=O) groups is 4. The quantitative estimate of drug-likeness (QED) is 0.555. The Morgan fingerprint density at radius 2 is 1.70 bits per heavy atom. The summed E-state index contributed by atoms with van der Waals surface area (Å²) >= 11 is 0. The van der Waals surface area contributed by atoms with Gasteiger partial charge in [0.15, 0.2) is 12.4 Å². The number of furan rings is 1. The molecule has 0 unspecified atom stereocenters. The van der Waals surface area contributed by atoms with Crippen molar-refractivity contribution in [3.05, 3.63) is 47.7 Å². The van der Waals surface area contributed by atoms with Gasteiger partial charge in [0.1, 0.15) is 5.76 Å². The molecule has 0 bridgehead atoms. The Bertz CT molecular complexity index is 925. The molecule has 1 saturated carbocycles. The fraction of sp³-hybridized carbons (Fsp3) is 0.364. The van der Waals surface area contributed by atoms with Crippen LogP contribution in [0.5, 0.6) is 0 Å². The molecule has 1 aliphatic carbocycles. The third-order valence-corrected chi connectivity index (χ3v) is 4.91. The molecule has 3 rings (SSSR count). The van der Waals surface area contributed by atoms with Crippen molar-refractivity contribution in [1.82, 2.24) is 10.6 Å². The van der Waals surface area contributed by atoms with E-state index in [4.69, 9.17) is 9.15 Å². The zero-order valence-corrected chi connectivity index (χ0v) is 16.7. The molecule has 8 heteroatoms. The molecule has 1 aromatic carbocycles. The lowest BCUT2D eigenvalue weighted by atomic mass is 9.96. The third-order valence-electron chi connectivity index (χ3n) is 4.91. The van der Waals surface area contributed by atoms with E-state index in [-0.39, 0.29) is 17.6 Å². The highest BCUT2D eigenvalue weighted by atomic mass is 16.5. The summed E-state index contributed by atoms with van der Waals surface area (Å²) in [6, 6.07) is 9.27.